The highest BCUT2D eigenvalue weighted by atomic mass is 19.4. The van der Waals surface area contributed by atoms with Crippen LogP contribution in [-0.2, 0) is 17.5 Å². The number of hydrogen-bond acceptors (Lipinski definition) is 4. The van der Waals surface area contributed by atoms with E-state index in [-0.39, 0.29) is 24.2 Å². The van der Waals surface area contributed by atoms with Crippen molar-refractivity contribution in [1.82, 2.24) is 14.9 Å². The van der Waals surface area contributed by atoms with E-state index in [4.69, 9.17) is 0 Å². The van der Waals surface area contributed by atoms with Crippen LogP contribution in [0, 0.1) is 0 Å². The Balaban J connectivity index is 1.66. The summed E-state index contributed by atoms with van der Waals surface area (Å²) in [5.74, 6) is -1.58. The van der Waals surface area contributed by atoms with Crippen molar-refractivity contribution >= 4 is 28.7 Å². The number of methoxy groups -OCH3 is 1. The molecule has 0 unspecified atom stereocenters. The van der Waals surface area contributed by atoms with E-state index >= 15 is 0 Å². The number of urea groups is 1. The minimum Gasteiger partial charge on any atom is -0.465 e. The van der Waals surface area contributed by atoms with Crippen LogP contribution in [0.4, 0.5) is 23.7 Å². The van der Waals surface area contributed by atoms with E-state index in [1.807, 2.05) is 0 Å². The average molecular weight is 406 g/mol. The first-order chi connectivity index (χ1) is 13.8. The third-order valence-electron chi connectivity index (χ3n) is 4.07. The van der Waals surface area contributed by atoms with Gasteiger partial charge in [-0.25, -0.2) is 14.6 Å². The highest BCUT2D eigenvalue weighted by molar-refractivity contribution is 5.93. The van der Waals surface area contributed by atoms with E-state index in [0.717, 1.165) is 4.57 Å². The number of imidazole rings is 1. The number of carbonyl (C=O) groups excluding carboxylic acids is 2. The second kappa shape index (κ2) is 8.21. The molecule has 0 aliphatic heterocycles. The lowest BCUT2D eigenvalue weighted by molar-refractivity contribution is -0.146. The lowest BCUT2D eigenvalue weighted by atomic mass is 10.2. The van der Waals surface area contributed by atoms with Crippen molar-refractivity contribution in [3.8, 4) is 0 Å². The predicted octanol–water partition coefficient (Wildman–Crippen LogP) is 3.66. The van der Waals surface area contributed by atoms with Crippen LogP contribution in [-0.4, -0.2) is 35.2 Å². The zero-order valence-corrected chi connectivity index (χ0v) is 15.3. The van der Waals surface area contributed by atoms with E-state index in [1.54, 1.807) is 24.3 Å². The second-order valence-electron chi connectivity index (χ2n) is 6.03. The molecule has 3 rings (SSSR count). The fraction of sp³-hybridized carbons (Fsp3) is 0.211. The predicted molar refractivity (Wildman–Crippen MR) is 99.5 cm³/mol. The van der Waals surface area contributed by atoms with Crippen molar-refractivity contribution in [2.45, 2.75) is 12.7 Å². The molecule has 0 saturated heterocycles. The van der Waals surface area contributed by atoms with Gasteiger partial charge in [0.15, 0.2) is 0 Å². The van der Waals surface area contributed by atoms with Crippen molar-refractivity contribution in [3.63, 3.8) is 0 Å². The lowest BCUT2D eigenvalue weighted by Gasteiger charge is -2.13. The molecule has 0 saturated carbocycles. The summed E-state index contributed by atoms with van der Waals surface area (Å²) in [6, 6.07) is 11.7. The molecule has 2 amide bonds. The van der Waals surface area contributed by atoms with Gasteiger partial charge in [0.25, 0.3) is 0 Å². The van der Waals surface area contributed by atoms with Gasteiger partial charge < -0.3 is 19.9 Å². The van der Waals surface area contributed by atoms with Gasteiger partial charge in [-0.3, -0.25) is 0 Å². The Morgan fingerprint density at radius 2 is 1.90 bits per heavy atom. The first-order valence-electron chi connectivity index (χ1n) is 8.55. The number of halogens is 3. The Bertz CT molecular complexity index is 1050. The van der Waals surface area contributed by atoms with Crippen LogP contribution < -0.4 is 10.6 Å². The summed E-state index contributed by atoms with van der Waals surface area (Å²) in [7, 11) is 1.24. The first kappa shape index (κ1) is 20.2. The summed E-state index contributed by atoms with van der Waals surface area (Å²) in [5.41, 5.74) is 1.15. The van der Waals surface area contributed by atoms with Gasteiger partial charge in [-0.05, 0) is 30.3 Å². The van der Waals surface area contributed by atoms with Crippen molar-refractivity contribution < 1.29 is 27.5 Å². The number of nitrogens with one attached hydrogen (secondary N) is 2. The van der Waals surface area contributed by atoms with E-state index in [9.17, 15) is 22.8 Å². The van der Waals surface area contributed by atoms with Gasteiger partial charge in [-0.2, -0.15) is 13.2 Å². The van der Waals surface area contributed by atoms with Crippen molar-refractivity contribution in [1.29, 1.82) is 0 Å². The van der Waals surface area contributed by atoms with Crippen LogP contribution in [0.3, 0.4) is 0 Å². The third-order valence-corrected chi connectivity index (χ3v) is 4.07. The molecule has 2 aromatic carbocycles. The molecule has 2 N–H and O–H groups in total. The molecule has 0 spiro atoms. The Morgan fingerprint density at radius 1 is 1.14 bits per heavy atom. The summed E-state index contributed by atoms with van der Waals surface area (Å²) in [6.07, 6.45) is -4.62. The maximum Gasteiger partial charge on any atom is 0.449 e. The van der Waals surface area contributed by atoms with Gasteiger partial charge >= 0.3 is 18.2 Å². The van der Waals surface area contributed by atoms with Gasteiger partial charge in [-0.1, -0.05) is 18.2 Å². The highest BCUT2D eigenvalue weighted by Gasteiger charge is 2.37. The summed E-state index contributed by atoms with van der Waals surface area (Å²) < 4.78 is 45.4. The monoisotopic (exact) mass is 406 g/mol. The molecule has 0 bridgehead atoms. The zero-order chi connectivity index (χ0) is 21.0. The summed E-state index contributed by atoms with van der Waals surface area (Å²) in [4.78, 5) is 27.2. The number of ether oxygens (including phenoxy) is 1. The molecule has 152 valence electrons. The maximum atomic E-state index is 13.3. The second-order valence-corrected chi connectivity index (χ2v) is 6.03. The summed E-state index contributed by atoms with van der Waals surface area (Å²) in [5, 5.41) is 5.01. The third kappa shape index (κ3) is 4.65. The number of hydrogen-bond donors (Lipinski definition) is 2. The molecule has 0 radical (unpaired) electrons. The minimum atomic E-state index is -4.62. The van der Waals surface area contributed by atoms with Crippen molar-refractivity contribution in [2.24, 2.45) is 0 Å². The fourth-order valence-corrected chi connectivity index (χ4v) is 2.82. The van der Waals surface area contributed by atoms with E-state index in [2.05, 4.69) is 20.4 Å². The SMILES string of the molecule is COC(=O)c1cccc(NC(=O)NCCn2c(C(F)(F)F)nc3ccccc32)c1. The number of rotatable bonds is 5. The topological polar surface area (TPSA) is 85.2 Å². The average Bonchev–Trinajstić information content (AvgIpc) is 3.07. The number of aromatic nitrogens is 2. The van der Waals surface area contributed by atoms with Crippen LogP contribution in [0.5, 0.6) is 0 Å². The van der Waals surface area contributed by atoms with Gasteiger partial charge in [0, 0.05) is 18.8 Å². The molecule has 29 heavy (non-hydrogen) atoms. The molecular weight excluding hydrogens is 389 g/mol. The molecule has 0 aliphatic rings. The molecule has 3 aromatic rings. The van der Waals surface area contributed by atoms with Crippen LogP contribution in [0.25, 0.3) is 11.0 Å². The van der Waals surface area contributed by atoms with Gasteiger partial charge in [0.05, 0.1) is 23.7 Å². The van der Waals surface area contributed by atoms with Gasteiger partial charge in [0.2, 0.25) is 5.82 Å². The number of fused-ring (bicyclic) bond motifs is 1. The standard InChI is InChI=1S/C19H17F3N4O3/c1-29-16(27)12-5-4-6-13(11-12)24-18(28)23-9-10-26-15-8-3-2-7-14(15)25-17(26)19(20,21)22/h2-8,11H,9-10H2,1H3,(H2,23,24,28). The molecule has 0 atom stereocenters. The van der Waals surface area contributed by atoms with E-state index < -0.39 is 24.0 Å². The Morgan fingerprint density at radius 3 is 2.62 bits per heavy atom. The van der Waals surface area contributed by atoms with E-state index in [1.165, 1.54) is 31.4 Å². The van der Waals surface area contributed by atoms with Crippen LogP contribution in [0.1, 0.15) is 16.2 Å². The zero-order valence-electron chi connectivity index (χ0n) is 15.3. The minimum absolute atomic E-state index is 0.0635. The largest absolute Gasteiger partial charge is 0.465 e. The van der Waals surface area contributed by atoms with Crippen LogP contribution in [0.15, 0.2) is 48.5 Å². The smallest absolute Gasteiger partial charge is 0.449 e. The number of para-hydroxylation sites is 2. The number of anilines is 1. The summed E-state index contributed by atoms with van der Waals surface area (Å²) in [6.45, 7) is -0.184. The van der Waals surface area contributed by atoms with Crippen LogP contribution in [0.2, 0.25) is 0 Å². The van der Waals surface area contributed by atoms with Gasteiger partial charge in [0.1, 0.15) is 0 Å². The number of benzene rings is 2. The Hall–Kier alpha value is -3.56. The summed E-state index contributed by atoms with van der Waals surface area (Å²) >= 11 is 0. The first-order valence-corrected chi connectivity index (χ1v) is 8.55. The highest BCUT2D eigenvalue weighted by Crippen LogP contribution is 2.31. The van der Waals surface area contributed by atoms with Crippen molar-refractivity contribution in [3.05, 3.63) is 59.9 Å². The fourth-order valence-electron chi connectivity index (χ4n) is 2.82. The van der Waals surface area contributed by atoms with Gasteiger partial charge in [-0.15, -0.1) is 0 Å². The number of esters is 1. The molecular formula is C19H17F3N4O3. The lowest BCUT2D eigenvalue weighted by Crippen LogP contribution is -2.32. The maximum absolute atomic E-state index is 13.3. The number of carbonyl (C=O) groups is 2. The number of amides is 2. The Kier molecular flexibility index (Phi) is 5.71. The molecule has 1 aromatic heterocycles. The molecule has 7 nitrogen and oxygen atoms in total. The van der Waals surface area contributed by atoms with E-state index in [0.29, 0.717) is 11.2 Å². The number of nitrogens with zero attached hydrogens (tertiary/aromatic N) is 2. The Labute approximate surface area is 163 Å². The molecule has 10 heteroatoms. The van der Waals surface area contributed by atoms with Crippen molar-refractivity contribution in [2.75, 3.05) is 19.0 Å². The molecule has 1 heterocycles. The molecule has 0 fully saturated rings. The number of alkyl halides is 3. The van der Waals surface area contributed by atoms with Crippen LogP contribution >= 0.6 is 0 Å². The quantitative estimate of drug-likeness (QED) is 0.634. The molecule has 0 aliphatic carbocycles. The normalized spacial score (nSPS) is 11.3.